The first-order valence-electron chi connectivity index (χ1n) is 6.68. The molecule has 1 aliphatic carbocycles. The molecule has 1 aromatic rings. The van der Waals surface area contributed by atoms with Gasteiger partial charge < -0.3 is 20.2 Å². The maximum atomic E-state index is 12.6. The number of amides is 1. The molecule has 112 valence electrons. The lowest BCUT2D eigenvalue weighted by Gasteiger charge is -2.27. The molecule has 6 nitrogen and oxygen atoms in total. The fourth-order valence-corrected chi connectivity index (χ4v) is 4.19. The highest BCUT2D eigenvalue weighted by Gasteiger charge is 2.48. The fraction of sp³-hybridized carbons (Fsp3) is 0.429. The number of benzene rings is 1. The maximum absolute atomic E-state index is 12.6. The van der Waals surface area contributed by atoms with Gasteiger partial charge in [-0.3, -0.25) is 4.79 Å². The van der Waals surface area contributed by atoms with Crippen LogP contribution in [0.4, 0.5) is 0 Å². The van der Waals surface area contributed by atoms with Gasteiger partial charge in [0, 0.05) is 11.8 Å². The van der Waals surface area contributed by atoms with E-state index in [1.165, 1.54) is 28.8 Å². The second kappa shape index (κ2) is 5.14. The molecule has 2 fully saturated rings. The Labute approximate surface area is 125 Å². The molecule has 21 heavy (non-hydrogen) atoms. The minimum absolute atomic E-state index is 0.0206. The number of carboxylic acid groups (broad SMARTS) is 1. The Kier molecular flexibility index (Phi) is 3.44. The molecule has 2 atom stereocenters. The number of rotatable bonds is 3. The highest BCUT2D eigenvalue weighted by molar-refractivity contribution is 8.00. The monoisotopic (exact) mass is 309 g/mol. The third kappa shape index (κ3) is 2.53. The number of carbonyl (C=O) groups is 2. The predicted molar refractivity (Wildman–Crippen MR) is 76.3 cm³/mol. The summed E-state index contributed by atoms with van der Waals surface area (Å²) in [6, 6.07) is 2.83. The largest absolute Gasteiger partial charge is 0.508 e. The van der Waals surface area contributed by atoms with E-state index in [9.17, 15) is 24.9 Å². The van der Waals surface area contributed by atoms with Crippen LogP contribution in [-0.2, 0) is 4.79 Å². The van der Waals surface area contributed by atoms with Crippen molar-refractivity contribution < 1.29 is 24.9 Å². The van der Waals surface area contributed by atoms with Gasteiger partial charge in [0.25, 0.3) is 5.91 Å². The van der Waals surface area contributed by atoms with Gasteiger partial charge in [0.2, 0.25) is 0 Å². The molecule has 1 aromatic carbocycles. The van der Waals surface area contributed by atoms with Crippen LogP contribution in [0.2, 0.25) is 0 Å². The highest BCUT2D eigenvalue weighted by Crippen LogP contribution is 2.46. The predicted octanol–water partition coefficient (Wildman–Crippen LogP) is 1.48. The van der Waals surface area contributed by atoms with Crippen LogP contribution in [0, 0.1) is 5.92 Å². The number of carboxylic acids is 1. The molecule has 0 spiro atoms. The van der Waals surface area contributed by atoms with Gasteiger partial charge in [-0.05, 0) is 30.9 Å². The van der Waals surface area contributed by atoms with E-state index in [1.807, 2.05) is 0 Å². The Balaban J connectivity index is 1.93. The van der Waals surface area contributed by atoms with Gasteiger partial charge in [-0.2, -0.15) is 0 Å². The molecule has 0 radical (unpaired) electrons. The van der Waals surface area contributed by atoms with Crippen molar-refractivity contribution in [2.75, 3.05) is 5.75 Å². The molecule has 2 unspecified atom stereocenters. The average Bonchev–Trinajstić information content (AvgIpc) is 3.16. The number of aliphatic carboxylic acids is 1. The van der Waals surface area contributed by atoms with Crippen molar-refractivity contribution in [2.45, 2.75) is 24.3 Å². The summed E-state index contributed by atoms with van der Waals surface area (Å²) < 4.78 is 0. The minimum Gasteiger partial charge on any atom is -0.508 e. The number of phenols is 2. The number of carbonyl (C=O) groups excluding carboxylic acids is 1. The summed E-state index contributed by atoms with van der Waals surface area (Å²) in [6.07, 6.45) is 1.99. The van der Waals surface area contributed by atoms with Gasteiger partial charge >= 0.3 is 5.97 Å². The molecule has 1 amide bonds. The fourth-order valence-electron chi connectivity index (χ4n) is 2.56. The topological polar surface area (TPSA) is 98.1 Å². The molecule has 1 saturated heterocycles. The first-order chi connectivity index (χ1) is 9.99. The highest BCUT2D eigenvalue weighted by atomic mass is 32.2. The molecular weight excluding hydrogens is 294 g/mol. The van der Waals surface area contributed by atoms with Gasteiger partial charge in [-0.25, -0.2) is 4.79 Å². The molecule has 0 bridgehead atoms. The molecule has 1 heterocycles. The third-order valence-electron chi connectivity index (χ3n) is 3.79. The van der Waals surface area contributed by atoms with Crippen LogP contribution in [0.3, 0.4) is 0 Å². The zero-order chi connectivity index (χ0) is 15.1. The Morgan fingerprint density at radius 3 is 2.52 bits per heavy atom. The van der Waals surface area contributed by atoms with Gasteiger partial charge in [-0.15, -0.1) is 11.8 Å². The van der Waals surface area contributed by atoms with E-state index in [-0.39, 0.29) is 22.4 Å². The van der Waals surface area contributed by atoms with E-state index in [2.05, 4.69) is 0 Å². The number of phenolic OH excluding ortho intramolecular Hbond substituents is 2. The van der Waals surface area contributed by atoms with Crippen LogP contribution < -0.4 is 0 Å². The smallest absolute Gasteiger partial charge is 0.327 e. The summed E-state index contributed by atoms with van der Waals surface area (Å²) >= 11 is 1.48. The summed E-state index contributed by atoms with van der Waals surface area (Å²) in [4.78, 5) is 25.4. The third-order valence-corrected chi connectivity index (χ3v) is 5.25. The lowest BCUT2D eigenvalue weighted by molar-refractivity contribution is -0.141. The molecule has 3 N–H and O–H groups in total. The van der Waals surface area contributed by atoms with Crippen molar-refractivity contribution in [2.24, 2.45) is 5.92 Å². The van der Waals surface area contributed by atoms with Crippen molar-refractivity contribution in [3.05, 3.63) is 23.8 Å². The van der Waals surface area contributed by atoms with Gasteiger partial charge in [0.1, 0.15) is 17.5 Å². The van der Waals surface area contributed by atoms with Crippen molar-refractivity contribution in [1.82, 2.24) is 4.90 Å². The first-order valence-corrected chi connectivity index (χ1v) is 7.73. The number of nitrogens with zero attached hydrogens (tertiary/aromatic N) is 1. The molecule has 7 heteroatoms. The van der Waals surface area contributed by atoms with Gasteiger partial charge in [0.15, 0.2) is 0 Å². The summed E-state index contributed by atoms with van der Waals surface area (Å²) in [7, 11) is 0. The van der Waals surface area contributed by atoms with Crippen LogP contribution in [0.25, 0.3) is 0 Å². The Morgan fingerprint density at radius 2 is 1.95 bits per heavy atom. The zero-order valence-electron chi connectivity index (χ0n) is 11.1. The second-order valence-corrected chi connectivity index (χ2v) is 6.48. The standard InChI is InChI=1S/C14H15NO5S/c16-8-3-4-9(11(17)5-8)12(18)15-10(14(19)20)6-21-13(15)7-1-2-7/h3-5,7,10,13,16-17H,1-2,6H2,(H,19,20). The number of hydrogen-bond acceptors (Lipinski definition) is 5. The molecule has 2 aliphatic rings. The lowest BCUT2D eigenvalue weighted by atomic mass is 10.1. The first kappa shape index (κ1) is 14.1. The summed E-state index contributed by atoms with van der Waals surface area (Å²) in [5, 5.41) is 28.3. The summed E-state index contributed by atoms with van der Waals surface area (Å²) in [5.41, 5.74) is 0.0206. The molecule has 3 rings (SSSR count). The van der Waals surface area contributed by atoms with E-state index in [0.29, 0.717) is 11.7 Å². The SMILES string of the molecule is O=C(O)C1CSC(C2CC2)N1C(=O)c1ccc(O)cc1O. The van der Waals surface area contributed by atoms with Crippen LogP contribution in [0.1, 0.15) is 23.2 Å². The lowest BCUT2D eigenvalue weighted by Crippen LogP contribution is -2.46. The number of thioether (sulfide) groups is 1. The van der Waals surface area contributed by atoms with Crippen LogP contribution >= 0.6 is 11.8 Å². The van der Waals surface area contributed by atoms with E-state index in [0.717, 1.165) is 18.9 Å². The van der Waals surface area contributed by atoms with Gasteiger partial charge in [-0.1, -0.05) is 0 Å². The summed E-state index contributed by atoms with van der Waals surface area (Å²) in [6.45, 7) is 0. The number of hydrogen-bond donors (Lipinski definition) is 3. The van der Waals surface area contributed by atoms with E-state index in [4.69, 9.17) is 0 Å². The van der Waals surface area contributed by atoms with Crippen molar-refractivity contribution in [3.63, 3.8) is 0 Å². The molecule has 0 aromatic heterocycles. The second-order valence-electron chi connectivity index (χ2n) is 5.33. The van der Waals surface area contributed by atoms with Crippen LogP contribution in [0.15, 0.2) is 18.2 Å². The van der Waals surface area contributed by atoms with Crippen molar-refractivity contribution in [3.8, 4) is 11.5 Å². The Morgan fingerprint density at radius 1 is 1.24 bits per heavy atom. The van der Waals surface area contributed by atoms with Crippen LogP contribution in [-0.4, -0.2) is 49.3 Å². The van der Waals surface area contributed by atoms with Crippen molar-refractivity contribution in [1.29, 1.82) is 0 Å². The molecule has 1 saturated carbocycles. The Hall–Kier alpha value is -1.89. The van der Waals surface area contributed by atoms with Gasteiger partial charge in [0.05, 0.1) is 10.9 Å². The molecular formula is C14H15NO5S. The minimum atomic E-state index is -1.03. The summed E-state index contributed by atoms with van der Waals surface area (Å²) in [5.74, 6) is -1.31. The quantitative estimate of drug-likeness (QED) is 0.782. The van der Waals surface area contributed by atoms with Crippen LogP contribution in [0.5, 0.6) is 11.5 Å². The maximum Gasteiger partial charge on any atom is 0.327 e. The number of aromatic hydroxyl groups is 2. The Bertz CT molecular complexity index is 601. The van der Waals surface area contributed by atoms with Crippen molar-refractivity contribution >= 4 is 23.6 Å². The van der Waals surface area contributed by atoms with E-state index in [1.54, 1.807) is 0 Å². The normalized spacial score (nSPS) is 25.0. The van der Waals surface area contributed by atoms with E-state index < -0.39 is 17.9 Å². The van der Waals surface area contributed by atoms with E-state index >= 15 is 0 Å². The molecule has 1 aliphatic heterocycles. The average molecular weight is 309 g/mol. The zero-order valence-corrected chi connectivity index (χ0v) is 11.9.